The zero-order valence-corrected chi connectivity index (χ0v) is 9.24. The second-order valence-corrected chi connectivity index (χ2v) is 3.61. The van der Waals surface area contributed by atoms with Gasteiger partial charge in [-0.3, -0.25) is 0 Å². The van der Waals surface area contributed by atoms with Crippen molar-refractivity contribution < 1.29 is 5.11 Å². The Kier molecular flexibility index (Phi) is 4.89. The number of unbranched alkanes of at least 4 members (excludes halogenated alkanes) is 1. The Morgan fingerprint density at radius 3 is 2.60 bits per heavy atom. The van der Waals surface area contributed by atoms with Gasteiger partial charge in [-0.25, -0.2) is 0 Å². The van der Waals surface area contributed by atoms with Crippen LogP contribution in [0.25, 0.3) is 5.57 Å². The Morgan fingerprint density at radius 1 is 1.40 bits per heavy atom. The van der Waals surface area contributed by atoms with Gasteiger partial charge in [0.05, 0.1) is 6.10 Å². The van der Waals surface area contributed by atoms with Gasteiger partial charge in [0, 0.05) is 5.57 Å². The maximum Gasteiger partial charge on any atom is 0.0867 e. The molecule has 1 atom stereocenters. The van der Waals surface area contributed by atoms with Crippen LogP contribution in [-0.2, 0) is 0 Å². The fourth-order valence-electron chi connectivity index (χ4n) is 1.57. The molecule has 0 heterocycles. The second kappa shape index (κ2) is 6.23. The number of rotatable bonds is 5. The molecular formula is C14H18O. The maximum absolute atomic E-state index is 9.95. The Labute approximate surface area is 91.8 Å². The summed E-state index contributed by atoms with van der Waals surface area (Å²) in [5.74, 6) is 0. The number of hydrogen-bond donors (Lipinski definition) is 1. The highest BCUT2D eigenvalue weighted by atomic mass is 16.3. The summed E-state index contributed by atoms with van der Waals surface area (Å²) in [5, 5.41) is 9.95. The molecular weight excluding hydrogens is 184 g/mol. The van der Waals surface area contributed by atoms with Crippen LogP contribution in [0, 0.1) is 0 Å². The molecule has 1 nitrogen and oxygen atoms in total. The first-order valence-corrected chi connectivity index (χ1v) is 5.43. The van der Waals surface area contributed by atoms with Crippen LogP contribution in [0.1, 0.15) is 31.7 Å². The molecule has 1 unspecified atom stereocenters. The average Bonchev–Trinajstić information content (AvgIpc) is 2.29. The highest BCUT2D eigenvalue weighted by Crippen LogP contribution is 2.20. The van der Waals surface area contributed by atoms with Gasteiger partial charge in [-0.2, -0.15) is 0 Å². The van der Waals surface area contributed by atoms with Crippen LogP contribution in [0.2, 0.25) is 0 Å². The summed E-state index contributed by atoms with van der Waals surface area (Å²) in [4.78, 5) is 0. The van der Waals surface area contributed by atoms with Crippen LogP contribution in [0.4, 0.5) is 0 Å². The van der Waals surface area contributed by atoms with E-state index in [0.29, 0.717) is 0 Å². The number of aliphatic hydroxyl groups is 1. The van der Waals surface area contributed by atoms with E-state index >= 15 is 0 Å². The molecule has 1 heteroatoms. The standard InChI is InChI=1S/C14H18O/c1-3-5-11-14(15)13(4-2)12-9-7-6-8-10-12/h6-10,14-15H,2-3,5,11H2,1H3. The molecule has 0 spiro atoms. The van der Waals surface area contributed by atoms with E-state index in [1.54, 1.807) is 0 Å². The molecule has 1 aromatic rings. The van der Waals surface area contributed by atoms with Crippen molar-refractivity contribution in [1.82, 2.24) is 0 Å². The van der Waals surface area contributed by atoms with Gasteiger partial charge < -0.3 is 5.11 Å². The summed E-state index contributed by atoms with van der Waals surface area (Å²) >= 11 is 0. The average molecular weight is 202 g/mol. The van der Waals surface area contributed by atoms with Crippen molar-refractivity contribution >= 4 is 5.57 Å². The Hall–Kier alpha value is -1.30. The molecule has 0 aliphatic carbocycles. The summed E-state index contributed by atoms with van der Waals surface area (Å²) in [7, 11) is 0. The summed E-state index contributed by atoms with van der Waals surface area (Å²) in [6.45, 7) is 5.76. The Bertz CT molecular complexity index is 334. The van der Waals surface area contributed by atoms with E-state index in [4.69, 9.17) is 0 Å². The van der Waals surface area contributed by atoms with Crippen LogP contribution in [0.15, 0.2) is 42.6 Å². The zero-order valence-electron chi connectivity index (χ0n) is 9.24. The number of hydrogen-bond acceptors (Lipinski definition) is 1. The first-order valence-electron chi connectivity index (χ1n) is 5.43. The van der Waals surface area contributed by atoms with Crippen molar-refractivity contribution in [1.29, 1.82) is 0 Å². The molecule has 0 aliphatic heterocycles. The summed E-state index contributed by atoms with van der Waals surface area (Å²) < 4.78 is 0. The van der Waals surface area contributed by atoms with E-state index < -0.39 is 6.10 Å². The van der Waals surface area contributed by atoms with Crippen LogP contribution in [0.3, 0.4) is 0 Å². The van der Waals surface area contributed by atoms with E-state index in [0.717, 1.165) is 30.4 Å². The van der Waals surface area contributed by atoms with Crippen LogP contribution in [-0.4, -0.2) is 11.2 Å². The molecule has 0 saturated carbocycles. The third-order valence-corrected chi connectivity index (χ3v) is 2.44. The fraction of sp³-hybridized carbons (Fsp3) is 0.357. The third kappa shape index (κ3) is 3.39. The lowest BCUT2D eigenvalue weighted by atomic mass is 9.98. The molecule has 80 valence electrons. The molecule has 0 aromatic heterocycles. The highest BCUT2D eigenvalue weighted by Gasteiger charge is 2.11. The SMILES string of the molecule is C=C=C(c1ccccc1)C(O)CCCC. The summed E-state index contributed by atoms with van der Waals surface area (Å²) in [6, 6.07) is 9.83. The smallest absolute Gasteiger partial charge is 0.0867 e. The van der Waals surface area contributed by atoms with E-state index in [1.807, 2.05) is 30.3 Å². The Morgan fingerprint density at radius 2 is 2.07 bits per heavy atom. The van der Waals surface area contributed by atoms with Crippen molar-refractivity contribution in [3.8, 4) is 0 Å². The van der Waals surface area contributed by atoms with E-state index in [9.17, 15) is 5.11 Å². The highest BCUT2D eigenvalue weighted by molar-refractivity contribution is 5.67. The third-order valence-electron chi connectivity index (χ3n) is 2.44. The summed E-state index contributed by atoms with van der Waals surface area (Å²) in [5.41, 5.74) is 4.66. The predicted octanol–water partition coefficient (Wildman–Crippen LogP) is 3.41. The van der Waals surface area contributed by atoms with Gasteiger partial charge in [-0.05, 0) is 12.0 Å². The molecule has 1 aromatic carbocycles. The lowest BCUT2D eigenvalue weighted by molar-refractivity contribution is 0.218. The zero-order chi connectivity index (χ0) is 11.1. The molecule has 0 fully saturated rings. The van der Waals surface area contributed by atoms with E-state index in [2.05, 4.69) is 19.2 Å². The molecule has 0 aliphatic rings. The lowest BCUT2D eigenvalue weighted by Crippen LogP contribution is -2.08. The molecule has 0 saturated heterocycles. The van der Waals surface area contributed by atoms with Crippen LogP contribution >= 0.6 is 0 Å². The van der Waals surface area contributed by atoms with Gasteiger partial charge in [0.25, 0.3) is 0 Å². The quantitative estimate of drug-likeness (QED) is 0.725. The van der Waals surface area contributed by atoms with Gasteiger partial charge in [0.2, 0.25) is 0 Å². The lowest BCUT2D eigenvalue weighted by Gasteiger charge is -2.12. The minimum atomic E-state index is -0.440. The van der Waals surface area contributed by atoms with Gasteiger partial charge in [-0.15, -0.1) is 5.73 Å². The normalized spacial score (nSPS) is 11.9. The summed E-state index contributed by atoms with van der Waals surface area (Å²) in [6.07, 6.45) is 2.46. The largest absolute Gasteiger partial charge is 0.388 e. The molecule has 1 rings (SSSR count). The van der Waals surface area contributed by atoms with Crippen molar-refractivity contribution in [3.05, 3.63) is 48.2 Å². The predicted molar refractivity (Wildman–Crippen MR) is 64.5 cm³/mol. The van der Waals surface area contributed by atoms with Crippen LogP contribution in [0.5, 0.6) is 0 Å². The van der Waals surface area contributed by atoms with Crippen molar-refractivity contribution in [2.75, 3.05) is 0 Å². The molecule has 0 radical (unpaired) electrons. The van der Waals surface area contributed by atoms with Gasteiger partial charge in [0.1, 0.15) is 0 Å². The maximum atomic E-state index is 9.95. The van der Waals surface area contributed by atoms with E-state index in [-0.39, 0.29) is 0 Å². The number of aliphatic hydroxyl groups excluding tert-OH is 1. The van der Waals surface area contributed by atoms with Crippen LogP contribution < -0.4 is 0 Å². The molecule has 0 bridgehead atoms. The first kappa shape index (κ1) is 11.8. The van der Waals surface area contributed by atoms with Crippen molar-refractivity contribution in [2.24, 2.45) is 0 Å². The fourth-order valence-corrected chi connectivity index (χ4v) is 1.57. The number of benzene rings is 1. The van der Waals surface area contributed by atoms with Crippen molar-refractivity contribution in [3.63, 3.8) is 0 Å². The Balaban J connectivity index is 2.77. The minimum absolute atomic E-state index is 0.440. The molecule has 0 amide bonds. The topological polar surface area (TPSA) is 20.2 Å². The van der Waals surface area contributed by atoms with Gasteiger partial charge >= 0.3 is 0 Å². The van der Waals surface area contributed by atoms with Crippen molar-refractivity contribution in [2.45, 2.75) is 32.3 Å². The second-order valence-electron chi connectivity index (χ2n) is 3.61. The monoisotopic (exact) mass is 202 g/mol. The van der Waals surface area contributed by atoms with Gasteiger partial charge in [-0.1, -0.05) is 56.7 Å². The molecule has 15 heavy (non-hydrogen) atoms. The van der Waals surface area contributed by atoms with Gasteiger partial charge in [0.15, 0.2) is 0 Å². The minimum Gasteiger partial charge on any atom is -0.388 e. The molecule has 1 N–H and O–H groups in total. The first-order chi connectivity index (χ1) is 7.29. The van der Waals surface area contributed by atoms with E-state index in [1.165, 1.54) is 0 Å².